The maximum Gasteiger partial charge on any atom is 0.286 e. The molecule has 0 radical (unpaired) electrons. The SMILES string of the molecule is CCCCSc1ccc(-c2nn(-c3ccccc3)cc2C=C2SC(N3CCOCC3)=NC2=O)cc1. The maximum absolute atomic E-state index is 12.8. The number of hydrogen-bond acceptors (Lipinski definition) is 6. The largest absolute Gasteiger partial charge is 0.378 e. The average Bonchev–Trinajstić information content (AvgIpc) is 3.49. The summed E-state index contributed by atoms with van der Waals surface area (Å²) < 4.78 is 7.31. The van der Waals surface area contributed by atoms with Gasteiger partial charge in [0.05, 0.1) is 29.5 Å². The van der Waals surface area contributed by atoms with Gasteiger partial charge in [0.1, 0.15) is 0 Å². The zero-order valence-electron chi connectivity index (χ0n) is 19.7. The van der Waals surface area contributed by atoms with Crippen molar-refractivity contribution in [2.45, 2.75) is 24.7 Å². The molecule has 8 heteroatoms. The molecule has 3 heterocycles. The highest BCUT2D eigenvalue weighted by Crippen LogP contribution is 2.34. The molecule has 6 nitrogen and oxygen atoms in total. The molecule has 0 N–H and O–H groups in total. The van der Waals surface area contributed by atoms with Crippen molar-refractivity contribution in [3.63, 3.8) is 0 Å². The van der Waals surface area contributed by atoms with Crippen LogP contribution in [0.5, 0.6) is 0 Å². The predicted molar refractivity (Wildman–Crippen MR) is 145 cm³/mol. The van der Waals surface area contributed by atoms with E-state index >= 15 is 0 Å². The lowest BCUT2D eigenvalue weighted by Crippen LogP contribution is -2.38. The molecular formula is C27H28N4O2S2. The van der Waals surface area contributed by atoms with Gasteiger partial charge in [-0.25, -0.2) is 4.68 Å². The van der Waals surface area contributed by atoms with Crippen molar-refractivity contribution in [3.05, 3.63) is 71.3 Å². The van der Waals surface area contributed by atoms with Crippen molar-refractivity contribution < 1.29 is 9.53 Å². The van der Waals surface area contributed by atoms with Crippen LogP contribution in [0, 0.1) is 0 Å². The van der Waals surface area contributed by atoms with Gasteiger partial charge in [-0.05, 0) is 54.3 Å². The fourth-order valence-electron chi connectivity index (χ4n) is 3.90. The number of nitrogens with zero attached hydrogens (tertiary/aromatic N) is 4. The van der Waals surface area contributed by atoms with Crippen LogP contribution in [0.25, 0.3) is 23.0 Å². The summed E-state index contributed by atoms with van der Waals surface area (Å²) in [6.07, 6.45) is 6.33. The molecule has 2 aliphatic heterocycles. The number of aromatic nitrogens is 2. The molecule has 0 unspecified atom stereocenters. The van der Waals surface area contributed by atoms with E-state index in [4.69, 9.17) is 9.84 Å². The Morgan fingerprint density at radius 3 is 2.60 bits per heavy atom. The normalized spacial score (nSPS) is 17.3. The Bertz CT molecular complexity index is 1230. The van der Waals surface area contributed by atoms with Crippen LogP contribution in [0.15, 0.2) is 75.6 Å². The summed E-state index contributed by atoms with van der Waals surface area (Å²) in [7, 11) is 0. The van der Waals surface area contributed by atoms with Gasteiger partial charge in [0.2, 0.25) is 0 Å². The molecule has 0 aliphatic carbocycles. The molecule has 1 saturated heterocycles. The number of amidine groups is 1. The lowest BCUT2D eigenvalue weighted by molar-refractivity contribution is -0.113. The summed E-state index contributed by atoms with van der Waals surface area (Å²) in [5.41, 5.74) is 3.74. The van der Waals surface area contributed by atoms with Crippen LogP contribution >= 0.6 is 23.5 Å². The zero-order chi connectivity index (χ0) is 24.0. The van der Waals surface area contributed by atoms with E-state index in [9.17, 15) is 4.79 Å². The number of para-hydroxylation sites is 1. The summed E-state index contributed by atoms with van der Waals surface area (Å²) in [5, 5.41) is 5.67. The number of amides is 1. The van der Waals surface area contributed by atoms with Gasteiger partial charge in [-0.3, -0.25) is 4.79 Å². The third-order valence-corrected chi connectivity index (χ3v) is 7.98. The molecule has 1 amide bonds. The molecule has 3 aromatic rings. The molecule has 2 aliphatic rings. The van der Waals surface area contributed by atoms with E-state index in [0.717, 1.165) is 46.5 Å². The van der Waals surface area contributed by atoms with E-state index in [0.29, 0.717) is 18.1 Å². The average molecular weight is 505 g/mol. The lowest BCUT2D eigenvalue weighted by Gasteiger charge is -2.27. The van der Waals surface area contributed by atoms with Gasteiger partial charge in [0.25, 0.3) is 5.91 Å². The minimum atomic E-state index is -0.197. The third kappa shape index (κ3) is 5.72. The summed E-state index contributed by atoms with van der Waals surface area (Å²) in [6.45, 7) is 5.05. The van der Waals surface area contributed by atoms with Crippen molar-refractivity contribution in [1.82, 2.24) is 14.7 Å². The second-order valence-corrected chi connectivity index (χ2v) is 10.5. The highest BCUT2D eigenvalue weighted by Gasteiger charge is 2.27. The van der Waals surface area contributed by atoms with E-state index < -0.39 is 0 Å². The molecule has 180 valence electrons. The Hall–Kier alpha value is -2.81. The number of carbonyl (C=O) groups is 1. The number of unbranched alkanes of at least 4 members (excludes halogenated alkanes) is 1. The van der Waals surface area contributed by atoms with E-state index in [1.165, 1.54) is 29.5 Å². The molecule has 2 aromatic carbocycles. The van der Waals surface area contributed by atoms with E-state index in [2.05, 4.69) is 41.1 Å². The first-order valence-electron chi connectivity index (χ1n) is 11.9. The summed E-state index contributed by atoms with van der Waals surface area (Å²) in [6, 6.07) is 18.6. The van der Waals surface area contributed by atoms with Gasteiger partial charge >= 0.3 is 0 Å². The monoisotopic (exact) mass is 504 g/mol. The second-order valence-electron chi connectivity index (χ2n) is 8.35. The number of rotatable bonds is 7. The predicted octanol–water partition coefficient (Wildman–Crippen LogP) is 5.73. The first-order chi connectivity index (χ1) is 17.2. The van der Waals surface area contributed by atoms with Crippen LogP contribution in [0.2, 0.25) is 0 Å². The lowest BCUT2D eigenvalue weighted by atomic mass is 10.1. The van der Waals surface area contributed by atoms with Gasteiger partial charge in [-0.15, -0.1) is 11.8 Å². The topological polar surface area (TPSA) is 59.7 Å². The summed E-state index contributed by atoms with van der Waals surface area (Å²) in [5.74, 6) is 0.929. The fraction of sp³-hybridized carbons (Fsp3) is 0.296. The standard InChI is InChI=1S/C27H28N4O2S2/c1-2-3-17-34-23-11-9-20(10-12-23)25-21(19-31(29-25)22-7-5-4-6-8-22)18-24-26(32)28-27(35-24)30-13-15-33-16-14-30/h4-12,18-19H,2-3,13-17H2,1H3. The van der Waals surface area contributed by atoms with Crippen molar-refractivity contribution in [2.75, 3.05) is 32.1 Å². The van der Waals surface area contributed by atoms with Crippen LogP contribution in [0.3, 0.4) is 0 Å². The highest BCUT2D eigenvalue weighted by molar-refractivity contribution is 8.18. The Morgan fingerprint density at radius 1 is 1.09 bits per heavy atom. The van der Waals surface area contributed by atoms with Crippen LogP contribution in [-0.2, 0) is 9.53 Å². The zero-order valence-corrected chi connectivity index (χ0v) is 21.4. The quantitative estimate of drug-likeness (QED) is 0.233. The van der Waals surface area contributed by atoms with Crippen LogP contribution in [0.4, 0.5) is 0 Å². The minimum absolute atomic E-state index is 0.197. The molecule has 0 saturated carbocycles. The van der Waals surface area contributed by atoms with Crippen LogP contribution in [-0.4, -0.2) is 57.8 Å². The Labute approximate surface area is 214 Å². The first-order valence-corrected chi connectivity index (χ1v) is 13.7. The second kappa shape index (κ2) is 11.3. The van der Waals surface area contributed by atoms with Gasteiger partial charge < -0.3 is 9.64 Å². The Balaban J connectivity index is 1.45. The van der Waals surface area contributed by atoms with E-state index in [-0.39, 0.29) is 5.91 Å². The number of thioether (sulfide) groups is 2. The van der Waals surface area contributed by atoms with Crippen LogP contribution < -0.4 is 0 Å². The van der Waals surface area contributed by atoms with Gasteiger partial charge in [-0.1, -0.05) is 43.7 Å². The van der Waals surface area contributed by atoms with Crippen molar-refractivity contribution in [3.8, 4) is 16.9 Å². The molecule has 35 heavy (non-hydrogen) atoms. The van der Waals surface area contributed by atoms with Gasteiger partial charge in [-0.2, -0.15) is 10.1 Å². The minimum Gasteiger partial charge on any atom is -0.378 e. The molecule has 0 spiro atoms. The number of aliphatic imine (C=N–C) groups is 1. The fourth-order valence-corrected chi connectivity index (χ4v) is 5.86. The number of benzene rings is 2. The number of hydrogen-bond donors (Lipinski definition) is 0. The van der Waals surface area contributed by atoms with Gasteiger partial charge in [0.15, 0.2) is 5.17 Å². The van der Waals surface area contributed by atoms with Gasteiger partial charge in [0, 0.05) is 35.3 Å². The molecule has 1 fully saturated rings. The van der Waals surface area contributed by atoms with Crippen molar-refractivity contribution in [1.29, 1.82) is 0 Å². The number of ether oxygens (including phenoxy) is 1. The molecule has 0 bridgehead atoms. The Kier molecular flexibility index (Phi) is 7.71. The first kappa shape index (κ1) is 23.9. The van der Waals surface area contributed by atoms with E-state index in [1.54, 1.807) is 0 Å². The number of morpholine rings is 1. The third-order valence-electron chi connectivity index (χ3n) is 5.84. The number of carbonyl (C=O) groups excluding carboxylic acids is 1. The molecule has 5 rings (SSSR count). The smallest absolute Gasteiger partial charge is 0.286 e. The van der Waals surface area contributed by atoms with Crippen molar-refractivity contribution in [2.24, 2.45) is 4.99 Å². The van der Waals surface area contributed by atoms with E-state index in [1.807, 2.05) is 59.0 Å². The molecule has 1 aromatic heterocycles. The summed E-state index contributed by atoms with van der Waals surface area (Å²) >= 11 is 3.32. The Morgan fingerprint density at radius 2 is 1.86 bits per heavy atom. The highest BCUT2D eigenvalue weighted by atomic mass is 32.2. The molecule has 0 atom stereocenters. The molecular weight excluding hydrogens is 476 g/mol. The maximum atomic E-state index is 12.8. The van der Waals surface area contributed by atoms with Crippen LogP contribution in [0.1, 0.15) is 25.3 Å². The summed E-state index contributed by atoms with van der Waals surface area (Å²) in [4.78, 5) is 21.1. The van der Waals surface area contributed by atoms with Crippen molar-refractivity contribution >= 4 is 40.7 Å².